The van der Waals surface area contributed by atoms with Crippen LogP contribution in [0.2, 0.25) is 0 Å². The Kier molecular flexibility index (Phi) is 5.72. The van der Waals surface area contributed by atoms with Crippen molar-refractivity contribution in [2.24, 2.45) is 5.73 Å². The van der Waals surface area contributed by atoms with Crippen LogP contribution in [0.5, 0.6) is 0 Å². The first-order valence-electron chi connectivity index (χ1n) is 7.23. The molecule has 0 saturated heterocycles. The van der Waals surface area contributed by atoms with E-state index in [9.17, 15) is 8.42 Å². The van der Waals surface area contributed by atoms with Gasteiger partial charge >= 0.3 is 0 Å². The molecule has 0 bridgehead atoms. The van der Waals surface area contributed by atoms with Crippen LogP contribution in [0, 0.1) is 0 Å². The predicted octanol–water partition coefficient (Wildman–Crippen LogP) is 2.44. The predicted molar refractivity (Wildman–Crippen MR) is 87.2 cm³/mol. The largest absolute Gasteiger partial charge is 0.389 e. The SMILES string of the molecule is NC(=S)c1ccc(S(=O)(=O)CCOC2CCCCC2)cc1. The van der Waals surface area contributed by atoms with E-state index in [1.165, 1.54) is 19.3 Å². The molecule has 0 heterocycles. The first kappa shape index (κ1) is 16.4. The van der Waals surface area contributed by atoms with E-state index >= 15 is 0 Å². The van der Waals surface area contributed by atoms with E-state index in [1.54, 1.807) is 24.3 Å². The first-order chi connectivity index (χ1) is 9.99. The Hall–Kier alpha value is -0.980. The van der Waals surface area contributed by atoms with Crippen LogP contribution in [-0.2, 0) is 14.6 Å². The number of nitrogens with two attached hydrogens (primary N) is 1. The van der Waals surface area contributed by atoms with Crippen molar-refractivity contribution in [3.8, 4) is 0 Å². The van der Waals surface area contributed by atoms with E-state index in [2.05, 4.69) is 0 Å². The Bertz CT molecular complexity index is 575. The van der Waals surface area contributed by atoms with Crippen LogP contribution >= 0.6 is 12.2 Å². The van der Waals surface area contributed by atoms with Crippen molar-refractivity contribution in [2.75, 3.05) is 12.4 Å². The molecule has 0 amide bonds. The molecule has 0 unspecified atom stereocenters. The van der Waals surface area contributed by atoms with Gasteiger partial charge in [-0.25, -0.2) is 8.42 Å². The lowest BCUT2D eigenvalue weighted by molar-refractivity contribution is 0.0379. The summed E-state index contributed by atoms with van der Waals surface area (Å²) in [6.07, 6.45) is 5.93. The number of thiocarbonyl (C=S) groups is 1. The van der Waals surface area contributed by atoms with Crippen LogP contribution < -0.4 is 5.73 Å². The summed E-state index contributed by atoms with van der Waals surface area (Å²) in [5.41, 5.74) is 6.17. The second-order valence-electron chi connectivity index (χ2n) is 5.34. The maximum atomic E-state index is 12.2. The summed E-state index contributed by atoms with van der Waals surface area (Å²) in [6.45, 7) is 0.254. The molecule has 21 heavy (non-hydrogen) atoms. The van der Waals surface area contributed by atoms with Gasteiger partial charge in [0.2, 0.25) is 0 Å². The van der Waals surface area contributed by atoms with Crippen molar-refractivity contribution in [1.29, 1.82) is 0 Å². The maximum Gasteiger partial charge on any atom is 0.180 e. The molecule has 0 aliphatic heterocycles. The number of benzene rings is 1. The standard InChI is InChI=1S/C15H21NO3S2/c16-15(20)12-6-8-14(9-7-12)21(17,18)11-10-19-13-4-2-1-3-5-13/h6-9,13H,1-5,10-11H2,(H2,16,20). The van der Waals surface area contributed by atoms with Crippen molar-refractivity contribution in [1.82, 2.24) is 0 Å². The van der Waals surface area contributed by atoms with Gasteiger partial charge < -0.3 is 10.5 Å². The molecule has 6 heteroatoms. The summed E-state index contributed by atoms with van der Waals surface area (Å²) >= 11 is 4.85. The molecule has 1 fully saturated rings. The third-order valence-corrected chi connectivity index (χ3v) is 5.69. The summed E-state index contributed by atoms with van der Waals surface area (Å²) in [5.74, 6) is 0.00984. The molecule has 0 radical (unpaired) electrons. The molecular formula is C15H21NO3S2. The smallest absolute Gasteiger partial charge is 0.180 e. The number of hydrogen-bond acceptors (Lipinski definition) is 4. The molecule has 1 aliphatic rings. The fraction of sp³-hybridized carbons (Fsp3) is 0.533. The van der Waals surface area contributed by atoms with E-state index in [0.29, 0.717) is 5.56 Å². The van der Waals surface area contributed by atoms with Gasteiger partial charge in [-0.2, -0.15) is 0 Å². The second-order valence-corrected chi connectivity index (χ2v) is 7.89. The highest BCUT2D eigenvalue weighted by atomic mass is 32.2. The van der Waals surface area contributed by atoms with Gasteiger partial charge in [-0.05, 0) is 25.0 Å². The first-order valence-corrected chi connectivity index (χ1v) is 9.29. The molecule has 2 rings (SSSR count). The zero-order chi connectivity index (χ0) is 15.3. The van der Waals surface area contributed by atoms with Crippen molar-refractivity contribution in [3.63, 3.8) is 0 Å². The molecule has 1 aromatic rings. The van der Waals surface area contributed by atoms with Gasteiger partial charge in [0.25, 0.3) is 0 Å². The van der Waals surface area contributed by atoms with Crippen molar-refractivity contribution in [3.05, 3.63) is 29.8 Å². The maximum absolute atomic E-state index is 12.2. The Morgan fingerprint density at radius 3 is 2.38 bits per heavy atom. The molecule has 0 aromatic heterocycles. The highest BCUT2D eigenvalue weighted by Crippen LogP contribution is 2.20. The Balaban J connectivity index is 1.90. The molecule has 4 nitrogen and oxygen atoms in total. The molecule has 1 aromatic carbocycles. The third kappa shape index (κ3) is 4.76. The molecule has 0 spiro atoms. The van der Waals surface area contributed by atoms with Gasteiger partial charge in [0, 0.05) is 5.56 Å². The van der Waals surface area contributed by atoms with Crippen LogP contribution in [-0.4, -0.2) is 31.9 Å². The van der Waals surface area contributed by atoms with Crippen molar-refractivity contribution < 1.29 is 13.2 Å². The minimum absolute atomic E-state index is 0.00984. The number of ether oxygens (including phenoxy) is 1. The lowest BCUT2D eigenvalue weighted by Crippen LogP contribution is -2.21. The van der Waals surface area contributed by atoms with Crippen LogP contribution in [0.3, 0.4) is 0 Å². The van der Waals surface area contributed by atoms with Gasteiger partial charge in [-0.1, -0.05) is 43.6 Å². The minimum atomic E-state index is -3.31. The molecule has 116 valence electrons. The van der Waals surface area contributed by atoms with Gasteiger partial charge in [0.15, 0.2) is 9.84 Å². The lowest BCUT2D eigenvalue weighted by Gasteiger charge is -2.21. The minimum Gasteiger partial charge on any atom is -0.389 e. The fourth-order valence-electron chi connectivity index (χ4n) is 2.50. The van der Waals surface area contributed by atoms with Gasteiger partial charge in [-0.3, -0.25) is 0 Å². The fourth-order valence-corrected chi connectivity index (χ4v) is 3.74. The second kappa shape index (κ2) is 7.33. The van der Waals surface area contributed by atoms with Gasteiger partial charge in [-0.15, -0.1) is 0 Å². The zero-order valence-electron chi connectivity index (χ0n) is 12.0. The van der Waals surface area contributed by atoms with E-state index < -0.39 is 9.84 Å². The monoisotopic (exact) mass is 327 g/mol. The highest BCUT2D eigenvalue weighted by molar-refractivity contribution is 7.91. The normalized spacial score (nSPS) is 16.8. The molecule has 1 aliphatic carbocycles. The summed E-state index contributed by atoms with van der Waals surface area (Å²) < 4.78 is 30.1. The zero-order valence-corrected chi connectivity index (χ0v) is 13.6. The summed E-state index contributed by atoms with van der Waals surface area (Å²) in [6, 6.07) is 6.36. The number of hydrogen-bond donors (Lipinski definition) is 1. The lowest BCUT2D eigenvalue weighted by atomic mass is 9.98. The number of rotatable bonds is 6. The van der Waals surface area contributed by atoms with E-state index in [-0.39, 0.29) is 28.3 Å². The van der Waals surface area contributed by atoms with Crippen LogP contribution in [0.25, 0.3) is 0 Å². The van der Waals surface area contributed by atoms with Crippen molar-refractivity contribution >= 4 is 27.0 Å². The summed E-state index contributed by atoms with van der Waals surface area (Å²) in [7, 11) is -3.31. The van der Waals surface area contributed by atoms with E-state index in [4.69, 9.17) is 22.7 Å². The average molecular weight is 327 g/mol. The Labute approximate surface area is 131 Å². The van der Waals surface area contributed by atoms with Crippen molar-refractivity contribution in [2.45, 2.75) is 43.1 Å². The van der Waals surface area contributed by atoms with E-state index in [0.717, 1.165) is 12.8 Å². The summed E-state index contributed by atoms with van der Waals surface area (Å²) in [5, 5.41) is 0. The van der Waals surface area contributed by atoms with Crippen LogP contribution in [0.1, 0.15) is 37.7 Å². The molecule has 2 N–H and O–H groups in total. The van der Waals surface area contributed by atoms with E-state index in [1.807, 2.05) is 0 Å². The average Bonchev–Trinajstić information content (AvgIpc) is 2.48. The Morgan fingerprint density at radius 2 is 1.81 bits per heavy atom. The third-order valence-electron chi connectivity index (χ3n) is 3.76. The summed E-state index contributed by atoms with van der Waals surface area (Å²) in [4.78, 5) is 0.550. The highest BCUT2D eigenvalue weighted by Gasteiger charge is 2.18. The molecular weight excluding hydrogens is 306 g/mol. The quantitative estimate of drug-likeness (QED) is 0.813. The number of sulfone groups is 1. The Morgan fingerprint density at radius 1 is 1.19 bits per heavy atom. The van der Waals surface area contributed by atoms with Gasteiger partial charge in [0.1, 0.15) is 4.99 Å². The molecule has 1 saturated carbocycles. The topological polar surface area (TPSA) is 69.4 Å². The molecule has 0 atom stereocenters. The van der Waals surface area contributed by atoms with Gasteiger partial charge in [0.05, 0.1) is 23.4 Å². The van der Waals surface area contributed by atoms with Crippen LogP contribution in [0.4, 0.5) is 0 Å². The van der Waals surface area contributed by atoms with Crippen LogP contribution in [0.15, 0.2) is 29.2 Å².